The molecule has 0 unspecified atom stereocenters. The maximum absolute atomic E-state index is 13.1. The van der Waals surface area contributed by atoms with Gasteiger partial charge in [0.25, 0.3) is 11.1 Å². The molecule has 0 fully saturated rings. The summed E-state index contributed by atoms with van der Waals surface area (Å²) in [6.07, 6.45) is 1.44. The van der Waals surface area contributed by atoms with Gasteiger partial charge in [0.1, 0.15) is 11.3 Å². The lowest BCUT2D eigenvalue weighted by Crippen LogP contribution is -2.19. The van der Waals surface area contributed by atoms with Crippen LogP contribution in [0.15, 0.2) is 61.7 Å². The van der Waals surface area contributed by atoms with Crippen molar-refractivity contribution in [2.24, 2.45) is 5.10 Å². The number of hydrogen-bond acceptors (Lipinski definition) is 5. The summed E-state index contributed by atoms with van der Waals surface area (Å²) in [5, 5.41) is 4.26. The molecule has 1 N–H and O–H groups in total. The van der Waals surface area contributed by atoms with Crippen LogP contribution in [0.4, 0.5) is 4.39 Å². The van der Waals surface area contributed by atoms with Gasteiger partial charge in [-0.3, -0.25) is 4.79 Å². The van der Waals surface area contributed by atoms with Crippen molar-refractivity contribution in [2.75, 3.05) is 5.75 Å². The summed E-state index contributed by atoms with van der Waals surface area (Å²) in [6, 6.07) is 11.8. The number of halogens is 2. The van der Waals surface area contributed by atoms with E-state index in [9.17, 15) is 9.18 Å². The molecule has 2 aromatic carbocycles. The number of benzene rings is 2. The van der Waals surface area contributed by atoms with Crippen molar-refractivity contribution in [2.45, 2.75) is 5.22 Å². The van der Waals surface area contributed by atoms with E-state index in [1.54, 1.807) is 12.1 Å². The van der Waals surface area contributed by atoms with Crippen molar-refractivity contribution in [1.29, 1.82) is 0 Å². The average Bonchev–Trinajstić information content (AvgIpc) is 2.99. The lowest BCUT2D eigenvalue weighted by molar-refractivity contribution is -0.118. The molecule has 1 aromatic heterocycles. The predicted molar refractivity (Wildman–Crippen MR) is 94.6 cm³/mol. The lowest BCUT2D eigenvalue weighted by atomic mass is 10.2. The zero-order chi connectivity index (χ0) is 16.9. The van der Waals surface area contributed by atoms with E-state index < -0.39 is 0 Å². The number of aromatic nitrogens is 1. The fraction of sp³-hybridized carbons (Fsp3) is 0.0625. The Balaban J connectivity index is 1.51. The summed E-state index contributed by atoms with van der Waals surface area (Å²) in [5.41, 5.74) is 4.49. The number of thioether (sulfide) groups is 1. The minimum atomic E-state index is -0.356. The number of nitrogens with one attached hydrogen (secondary N) is 1. The second-order valence-electron chi connectivity index (χ2n) is 4.70. The van der Waals surface area contributed by atoms with E-state index in [0.717, 1.165) is 5.52 Å². The monoisotopic (exact) mass is 407 g/mol. The molecule has 0 aliphatic rings. The number of para-hydroxylation sites is 2. The largest absolute Gasteiger partial charge is 0.431 e. The Kier molecular flexibility index (Phi) is 5.27. The van der Waals surface area contributed by atoms with E-state index in [-0.39, 0.29) is 17.5 Å². The average molecular weight is 408 g/mol. The topological polar surface area (TPSA) is 67.5 Å². The lowest BCUT2D eigenvalue weighted by Gasteiger charge is -1.98. The molecule has 5 nitrogen and oxygen atoms in total. The maximum Gasteiger partial charge on any atom is 0.257 e. The van der Waals surface area contributed by atoms with Crippen molar-refractivity contribution in [1.82, 2.24) is 10.4 Å². The number of carbonyl (C=O) groups excluding carboxylic acids is 1. The van der Waals surface area contributed by atoms with Crippen molar-refractivity contribution >= 4 is 50.9 Å². The van der Waals surface area contributed by atoms with Crippen molar-refractivity contribution < 1.29 is 13.6 Å². The van der Waals surface area contributed by atoms with Crippen LogP contribution in [0, 0.1) is 5.82 Å². The SMILES string of the molecule is O=C(CSc1nc2ccccc2o1)NN=Cc1ccc(F)c(Br)c1. The van der Waals surface area contributed by atoms with Crippen LogP contribution >= 0.6 is 27.7 Å². The van der Waals surface area contributed by atoms with E-state index in [1.165, 1.54) is 24.0 Å². The first-order valence-corrected chi connectivity index (χ1v) is 8.65. The Morgan fingerprint density at radius 2 is 2.21 bits per heavy atom. The van der Waals surface area contributed by atoms with Gasteiger partial charge in [-0.05, 0) is 45.8 Å². The predicted octanol–water partition coefficient (Wildman–Crippen LogP) is 3.97. The third-order valence-electron chi connectivity index (χ3n) is 2.95. The molecule has 0 aliphatic heterocycles. The molecule has 0 saturated carbocycles. The van der Waals surface area contributed by atoms with Gasteiger partial charge in [0.2, 0.25) is 0 Å². The van der Waals surface area contributed by atoms with Crippen LogP contribution in [-0.4, -0.2) is 22.9 Å². The number of fused-ring (bicyclic) bond motifs is 1. The summed E-state index contributed by atoms with van der Waals surface area (Å²) in [6.45, 7) is 0. The van der Waals surface area contributed by atoms with Gasteiger partial charge in [0.15, 0.2) is 5.58 Å². The first-order chi connectivity index (χ1) is 11.6. The van der Waals surface area contributed by atoms with Gasteiger partial charge in [-0.1, -0.05) is 30.0 Å². The van der Waals surface area contributed by atoms with E-state index >= 15 is 0 Å². The third-order valence-corrected chi connectivity index (χ3v) is 4.38. The normalized spacial score (nSPS) is 11.2. The van der Waals surface area contributed by atoms with Crippen molar-refractivity contribution in [3.05, 3.63) is 58.3 Å². The van der Waals surface area contributed by atoms with Crippen LogP contribution in [0.1, 0.15) is 5.56 Å². The Morgan fingerprint density at radius 1 is 1.38 bits per heavy atom. The van der Waals surface area contributed by atoms with Crippen LogP contribution in [0.2, 0.25) is 0 Å². The number of hydrogen-bond donors (Lipinski definition) is 1. The van der Waals surface area contributed by atoms with Crippen LogP contribution in [0.5, 0.6) is 0 Å². The number of amides is 1. The minimum Gasteiger partial charge on any atom is -0.431 e. The fourth-order valence-corrected chi connectivity index (χ4v) is 2.87. The highest BCUT2D eigenvalue weighted by atomic mass is 79.9. The summed E-state index contributed by atoms with van der Waals surface area (Å²) in [7, 11) is 0. The minimum absolute atomic E-state index is 0.122. The first-order valence-electron chi connectivity index (χ1n) is 6.87. The molecule has 3 rings (SSSR count). The number of nitrogens with zero attached hydrogens (tertiary/aromatic N) is 2. The number of rotatable bonds is 5. The van der Waals surface area contributed by atoms with E-state index in [1.807, 2.05) is 24.3 Å². The highest BCUT2D eigenvalue weighted by Crippen LogP contribution is 2.22. The second kappa shape index (κ2) is 7.59. The van der Waals surface area contributed by atoms with Gasteiger partial charge >= 0.3 is 0 Å². The summed E-state index contributed by atoms with van der Waals surface area (Å²) >= 11 is 4.27. The van der Waals surface area contributed by atoms with Gasteiger partial charge < -0.3 is 4.42 Å². The molecule has 0 aliphatic carbocycles. The molecular formula is C16H11BrFN3O2S. The molecule has 0 radical (unpaired) electrons. The molecule has 0 bridgehead atoms. The zero-order valence-electron chi connectivity index (χ0n) is 12.2. The van der Waals surface area contributed by atoms with E-state index in [0.29, 0.717) is 20.8 Å². The smallest absolute Gasteiger partial charge is 0.257 e. The van der Waals surface area contributed by atoms with Gasteiger partial charge in [0.05, 0.1) is 16.4 Å². The molecule has 1 heterocycles. The third kappa shape index (κ3) is 4.21. The number of oxazole rings is 1. The zero-order valence-corrected chi connectivity index (χ0v) is 14.6. The molecule has 122 valence electrons. The summed E-state index contributed by atoms with van der Waals surface area (Å²) < 4.78 is 19.0. The highest BCUT2D eigenvalue weighted by molar-refractivity contribution is 9.10. The molecule has 1 amide bonds. The molecule has 24 heavy (non-hydrogen) atoms. The van der Waals surface area contributed by atoms with Crippen molar-refractivity contribution in [3.8, 4) is 0 Å². The fourth-order valence-electron chi connectivity index (χ4n) is 1.84. The number of carbonyl (C=O) groups is 1. The standard InChI is InChI=1S/C16H11BrFN3O2S/c17-11-7-10(5-6-12(11)18)8-19-21-15(22)9-24-16-20-13-3-1-2-4-14(13)23-16/h1-8H,9H2,(H,21,22). The summed E-state index contributed by atoms with van der Waals surface area (Å²) in [4.78, 5) is 16.0. The highest BCUT2D eigenvalue weighted by Gasteiger charge is 2.08. The van der Waals surface area contributed by atoms with Crippen LogP contribution in [0.25, 0.3) is 11.1 Å². The molecule has 0 atom stereocenters. The van der Waals surface area contributed by atoms with E-state index in [4.69, 9.17) is 4.42 Å². The number of hydrazone groups is 1. The first kappa shape index (κ1) is 16.7. The van der Waals surface area contributed by atoms with Crippen LogP contribution < -0.4 is 5.43 Å². The molecule has 0 saturated heterocycles. The quantitative estimate of drug-likeness (QED) is 0.394. The Morgan fingerprint density at radius 3 is 3.00 bits per heavy atom. The van der Waals surface area contributed by atoms with Gasteiger partial charge in [-0.25, -0.2) is 14.8 Å². The maximum atomic E-state index is 13.1. The molecule has 8 heteroatoms. The molecular weight excluding hydrogens is 397 g/mol. The second-order valence-corrected chi connectivity index (χ2v) is 6.48. The Hall–Kier alpha value is -2.19. The van der Waals surface area contributed by atoms with Crippen molar-refractivity contribution in [3.63, 3.8) is 0 Å². The van der Waals surface area contributed by atoms with Crippen LogP contribution in [-0.2, 0) is 4.79 Å². The Bertz CT molecular complexity index is 880. The van der Waals surface area contributed by atoms with Gasteiger partial charge in [-0.2, -0.15) is 5.10 Å². The Labute approximate surface area is 149 Å². The molecule has 3 aromatic rings. The van der Waals surface area contributed by atoms with Gasteiger partial charge in [-0.15, -0.1) is 0 Å². The van der Waals surface area contributed by atoms with Gasteiger partial charge in [0, 0.05) is 0 Å². The summed E-state index contributed by atoms with van der Waals surface area (Å²) in [5.74, 6) is -0.525. The van der Waals surface area contributed by atoms with Crippen LogP contribution in [0.3, 0.4) is 0 Å². The molecule has 0 spiro atoms. The van der Waals surface area contributed by atoms with E-state index in [2.05, 4.69) is 31.4 Å².